The molecular weight excluding hydrogens is 324 g/mol. The monoisotopic (exact) mass is 348 g/mol. The van der Waals surface area contributed by atoms with Gasteiger partial charge in [0.15, 0.2) is 0 Å². The van der Waals surface area contributed by atoms with E-state index < -0.39 is 10.0 Å². The van der Waals surface area contributed by atoms with E-state index in [4.69, 9.17) is 0 Å². The van der Waals surface area contributed by atoms with Gasteiger partial charge in [-0.2, -0.15) is 11.8 Å². The van der Waals surface area contributed by atoms with Gasteiger partial charge in [0.25, 0.3) is 0 Å². The smallest absolute Gasteiger partial charge is 0.241 e. The number of nitrogens with one attached hydrogen (secondary N) is 2. The molecule has 0 saturated heterocycles. The third kappa shape index (κ3) is 5.25. The molecular formula is C14H24N2O2S3. The van der Waals surface area contributed by atoms with Crippen molar-refractivity contribution in [3.05, 3.63) is 15.8 Å². The molecule has 1 aromatic heterocycles. The second kappa shape index (κ2) is 7.46. The van der Waals surface area contributed by atoms with Crippen LogP contribution < -0.4 is 10.0 Å². The number of sulfonamides is 1. The minimum atomic E-state index is -3.38. The van der Waals surface area contributed by atoms with Crippen molar-refractivity contribution in [3.63, 3.8) is 0 Å². The Bertz CT molecular complexity index is 565. The molecule has 1 unspecified atom stereocenters. The first kappa shape index (κ1) is 17.3. The minimum Gasteiger partial charge on any atom is -0.309 e. The summed E-state index contributed by atoms with van der Waals surface area (Å²) in [6, 6.07) is 2.45. The lowest BCUT2D eigenvalue weighted by Gasteiger charge is -2.11. The number of thioether (sulfide) groups is 1. The molecule has 1 aliphatic rings. The van der Waals surface area contributed by atoms with Crippen molar-refractivity contribution in [2.24, 2.45) is 5.92 Å². The van der Waals surface area contributed by atoms with E-state index in [1.54, 1.807) is 23.1 Å². The van der Waals surface area contributed by atoms with Crippen LogP contribution in [0.15, 0.2) is 11.0 Å². The summed E-state index contributed by atoms with van der Waals surface area (Å²) in [5, 5.41) is 3.42. The second-order valence-corrected chi connectivity index (χ2v) is 9.69. The fourth-order valence-corrected chi connectivity index (χ4v) is 5.52. The number of rotatable bonds is 9. The van der Waals surface area contributed by atoms with E-state index in [2.05, 4.69) is 17.0 Å². The van der Waals surface area contributed by atoms with Crippen LogP contribution in [0.2, 0.25) is 0 Å². The molecule has 1 aliphatic carbocycles. The highest BCUT2D eigenvalue weighted by molar-refractivity contribution is 7.98. The molecule has 0 amide bonds. The van der Waals surface area contributed by atoms with E-state index in [-0.39, 0.29) is 0 Å². The predicted molar refractivity (Wildman–Crippen MR) is 91.7 cm³/mol. The maximum Gasteiger partial charge on any atom is 0.241 e. The summed E-state index contributed by atoms with van der Waals surface area (Å²) in [4.78, 5) is 2.40. The fraction of sp³-hybridized carbons (Fsp3) is 0.714. The highest BCUT2D eigenvalue weighted by atomic mass is 32.2. The Morgan fingerprint density at radius 3 is 2.81 bits per heavy atom. The zero-order valence-corrected chi connectivity index (χ0v) is 15.3. The van der Waals surface area contributed by atoms with Gasteiger partial charge in [0, 0.05) is 28.9 Å². The van der Waals surface area contributed by atoms with Crippen LogP contribution in [0.5, 0.6) is 0 Å². The van der Waals surface area contributed by atoms with Crippen LogP contribution in [0, 0.1) is 12.8 Å². The summed E-state index contributed by atoms with van der Waals surface area (Å²) in [6.07, 6.45) is 4.52. The topological polar surface area (TPSA) is 58.2 Å². The highest BCUT2D eigenvalue weighted by Gasteiger charge is 2.23. The van der Waals surface area contributed by atoms with E-state index in [1.165, 1.54) is 12.8 Å². The van der Waals surface area contributed by atoms with Crippen LogP contribution in [-0.4, -0.2) is 33.0 Å². The first-order valence-corrected chi connectivity index (χ1v) is 10.9. The number of aryl methyl sites for hydroxylation is 1. The predicted octanol–water partition coefficient (Wildman–Crippen LogP) is 2.59. The van der Waals surface area contributed by atoms with E-state index in [0.29, 0.717) is 23.4 Å². The molecule has 1 saturated carbocycles. The van der Waals surface area contributed by atoms with Crippen molar-refractivity contribution in [2.45, 2.75) is 44.2 Å². The molecule has 1 heterocycles. The summed E-state index contributed by atoms with van der Waals surface area (Å²) in [7, 11) is -3.38. The van der Waals surface area contributed by atoms with Gasteiger partial charge in [-0.3, -0.25) is 0 Å². The molecule has 0 bridgehead atoms. The van der Waals surface area contributed by atoms with Crippen molar-refractivity contribution in [1.29, 1.82) is 0 Å². The third-order valence-corrected chi connectivity index (χ3v) is 7.06. The Labute approximate surface area is 136 Å². The van der Waals surface area contributed by atoms with Gasteiger partial charge in [0.2, 0.25) is 10.0 Å². The van der Waals surface area contributed by atoms with Gasteiger partial charge in [-0.1, -0.05) is 6.92 Å². The van der Waals surface area contributed by atoms with Crippen molar-refractivity contribution in [1.82, 2.24) is 10.0 Å². The van der Waals surface area contributed by atoms with Gasteiger partial charge in [-0.05, 0) is 43.8 Å². The molecule has 0 radical (unpaired) electrons. The van der Waals surface area contributed by atoms with Crippen molar-refractivity contribution < 1.29 is 8.42 Å². The van der Waals surface area contributed by atoms with E-state index in [1.807, 2.05) is 19.2 Å². The molecule has 2 rings (SSSR count). The average molecular weight is 349 g/mol. The van der Waals surface area contributed by atoms with Crippen molar-refractivity contribution >= 4 is 33.1 Å². The van der Waals surface area contributed by atoms with Crippen LogP contribution in [0.25, 0.3) is 0 Å². The van der Waals surface area contributed by atoms with Crippen molar-refractivity contribution in [3.8, 4) is 0 Å². The van der Waals surface area contributed by atoms with Crippen molar-refractivity contribution in [2.75, 3.05) is 18.6 Å². The molecule has 4 nitrogen and oxygen atoms in total. The van der Waals surface area contributed by atoms with Gasteiger partial charge < -0.3 is 5.32 Å². The maximum absolute atomic E-state index is 12.4. The summed E-state index contributed by atoms with van der Waals surface area (Å²) < 4.78 is 27.5. The van der Waals surface area contributed by atoms with Crippen LogP contribution >= 0.6 is 23.1 Å². The zero-order chi connectivity index (χ0) is 15.5. The molecule has 1 fully saturated rings. The maximum atomic E-state index is 12.4. The lowest BCUT2D eigenvalue weighted by Crippen LogP contribution is -2.29. The SMILES string of the molecule is CSCC(C)CNS(=O)(=O)c1cc(CNC2CC2)sc1C. The van der Waals surface area contributed by atoms with E-state index in [0.717, 1.165) is 22.1 Å². The van der Waals surface area contributed by atoms with Gasteiger partial charge in [-0.25, -0.2) is 13.1 Å². The first-order chi connectivity index (χ1) is 9.92. The normalized spacial score (nSPS) is 17.1. The zero-order valence-electron chi connectivity index (χ0n) is 12.8. The van der Waals surface area contributed by atoms with Gasteiger partial charge in [-0.15, -0.1) is 11.3 Å². The first-order valence-electron chi connectivity index (χ1n) is 7.23. The Morgan fingerprint density at radius 2 is 2.19 bits per heavy atom. The third-order valence-electron chi connectivity index (χ3n) is 3.43. The van der Waals surface area contributed by atoms with Gasteiger partial charge in [0.05, 0.1) is 4.90 Å². The highest BCUT2D eigenvalue weighted by Crippen LogP contribution is 2.27. The summed E-state index contributed by atoms with van der Waals surface area (Å²) in [6.45, 7) is 5.21. The van der Waals surface area contributed by atoms with Crippen LogP contribution in [0.3, 0.4) is 0 Å². The molecule has 0 spiro atoms. The summed E-state index contributed by atoms with van der Waals surface area (Å²) in [5.74, 6) is 1.30. The molecule has 21 heavy (non-hydrogen) atoms. The number of hydrogen-bond donors (Lipinski definition) is 2. The number of thiophene rings is 1. The fourth-order valence-electron chi connectivity index (χ4n) is 2.08. The Kier molecular flexibility index (Phi) is 6.14. The van der Waals surface area contributed by atoms with E-state index in [9.17, 15) is 8.42 Å². The molecule has 7 heteroatoms. The number of hydrogen-bond acceptors (Lipinski definition) is 5. The average Bonchev–Trinajstić information content (AvgIpc) is 3.17. The van der Waals surface area contributed by atoms with Gasteiger partial charge in [0.1, 0.15) is 0 Å². The van der Waals surface area contributed by atoms with Gasteiger partial charge >= 0.3 is 0 Å². The second-order valence-electron chi connectivity index (χ2n) is 5.70. The molecule has 2 N–H and O–H groups in total. The Balaban J connectivity index is 1.97. The van der Waals surface area contributed by atoms with Crippen LogP contribution in [-0.2, 0) is 16.6 Å². The quantitative estimate of drug-likeness (QED) is 0.720. The van der Waals surface area contributed by atoms with E-state index >= 15 is 0 Å². The molecule has 0 aromatic carbocycles. The lowest BCUT2D eigenvalue weighted by atomic mass is 10.2. The molecule has 120 valence electrons. The Morgan fingerprint density at radius 1 is 1.48 bits per heavy atom. The van der Waals surface area contributed by atoms with Crippen LogP contribution in [0.1, 0.15) is 29.5 Å². The van der Waals surface area contributed by atoms with Crippen LogP contribution in [0.4, 0.5) is 0 Å². The Hall–Kier alpha value is -0.0800. The molecule has 1 atom stereocenters. The molecule has 1 aromatic rings. The summed E-state index contributed by atoms with van der Waals surface area (Å²) in [5.41, 5.74) is 0. The molecule has 0 aliphatic heterocycles. The largest absolute Gasteiger partial charge is 0.309 e. The standard InChI is InChI=1S/C14H24N2O2S3/c1-10(9-19-3)7-16-21(17,18)14-6-13(20-11(14)2)8-15-12-4-5-12/h6,10,12,15-16H,4-5,7-9H2,1-3H3. The summed E-state index contributed by atoms with van der Waals surface area (Å²) >= 11 is 3.31. The minimum absolute atomic E-state index is 0.338. The lowest BCUT2D eigenvalue weighted by molar-refractivity contribution is 0.562.